The van der Waals surface area contributed by atoms with Gasteiger partial charge in [-0.3, -0.25) is 9.59 Å². The van der Waals surface area contributed by atoms with E-state index in [9.17, 15) is 9.59 Å². The zero-order valence-electron chi connectivity index (χ0n) is 11.9. The molecule has 5 nitrogen and oxygen atoms in total. The van der Waals surface area contributed by atoms with Crippen molar-refractivity contribution in [3.05, 3.63) is 24.3 Å². The molecule has 2 rings (SSSR count). The molecule has 1 aromatic rings. The maximum absolute atomic E-state index is 12.0. The van der Waals surface area contributed by atoms with Crippen molar-refractivity contribution >= 4 is 17.5 Å². The van der Waals surface area contributed by atoms with Gasteiger partial charge in [-0.1, -0.05) is 25.5 Å². The Morgan fingerprint density at radius 3 is 2.90 bits per heavy atom. The summed E-state index contributed by atoms with van der Waals surface area (Å²) in [5.74, 6) is 0.278. The van der Waals surface area contributed by atoms with Gasteiger partial charge >= 0.3 is 0 Å². The molecule has 5 heteroatoms. The van der Waals surface area contributed by atoms with Crippen LogP contribution in [0.25, 0.3) is 0 Å². The van der Waals surface area contributed by atoms with Crippen LogP contribution in [0.3, 0.4) is 0 Å². The lowest BCUT2D eigenvalue weighted by atomic mass is 10.1. The number of hydrogen-bond acceptors (Lipinski definition) is 3. The summed E-state index contributed by atoms with van der Waals surface area (Å²) >= 11 is 0. The first-order valence-electron chi connectivity index (χ1n) is 6.92. The molecule has 0 bridgehead atoms. The number of ether oxygens (including phenoxy) is 1. The highest BCUT2D eigenvalue weighted by Gasteiger charge is 2.30. The molecule has 1 heterocycles. The first-order chi connectivity index (χ1) is 9.61. The third kappa shape index (κ3) is 3.29. The molecule has 1 atom stereocenters. The highest BCUT2D eigenvalue weighted by molar-refractivity contribution is 5.99. The van der Waals surface area contributed by atoms with Crippen molar-refractivity contribution in [3.63, 3.8) is 0 Å². The van der Waals surface area contributed by atoms with E-state index >= 15 is 0 Å². The number of nitrogens with zero attached hydrogens (tertiary/aromatic N) is 1. The third-order valence-electron chi connectivity index (χ3n) is 3.34. The highest BCUT2D eigenvalue weighted by Crippen LogP contribution is 2.29. The van der Waals surface area contributed by atoms with Crippen molar-refractivity contribution in [3.8, 4) is 5.75 Å². The summed E-state index contributed by atoms with van der Waals surface area (Å²) < 4.78 is 5.61. The number of hydrogen-bond donors (Lipinski definition) is 1. The molecule has 1 aliphatic heterocycles. The van der Waals surface area contributed by atoms with Gasteiger partial charge in [0.15, 0.2) is 6.10 Å². The number of amides is 2. The summed E-state index contributed by atoms with van der Waals surface area (Å²) in [7, 11) is 1.76. The molecule has 0 aliphatic carbocycles. The second-order valence-electron chi connectivity index (χ2n) is 4.96. The Balaban J connectivity index is 1.97. The number of nitrogens with one attached hydrogen (secondary N) is 1. The van der Waals surface area contributed by atoms with E-state index in [1.54, 1.807) is 24.1 Å². The van der Waals surface area contributed by atoms with Crippen molar-refractivity contribution in [2.24, 2.45) is 0 Å². The van der Waals surface area contributed by atoms with Gasteiger partial charge < -0.3 is 15.0 Å². The van der Waals surface area contributed by atoms with E-state index in [2.05, 4.69) is 12.2 Å². The van der Waals surface area contributed by atoms with Crippen molar-refractivity contribution in [2.45, 2.75) is 32.3 Å². The van der Waals surface area contributed by atoms with Gasteiger partial charge in [-0.25, -0.2) is 0 Å². The van der Waals surface area contributed by atoms with Crippen molar-refractivity contribution in [2.75, 3.05) is 18.9 Å². The molecular weight excluding hydrogens is 256 g/mol. The lowest BCUT2D eigenvalue weighted by Crippen LogP contribution is -2.41. The van der Waals surface area contributed by atoms with Crippen LogP contribution in [0.2, 0.25) is 0 Å². The van der Waals surface area contributed by atoms with Crippen LogP contribution in [-0.2, 0) is 9.59 Å². The first-order valence-corrected chi connectivity index (χ1v) is 6.92. The molecule has 0 aromatic heterocycles. The second-order valence-corrected chi connectivity index (χ2v) is 4.96. The fraction of sp³-hybridized carbons (Fsp3) is 0.467. The van der Waals surface area contributed by atoms with Crippen LogP contribution in [0.1, 0.15) is 26.2 Å². The zero-order chi connectivity index (χ0) is 14.5. The van der Waals surface area contributed by atoms with Gasteiger partial charge in [-0.05, 0) is 18.6 Å². The Hall–Kier alpha value is -2.04. The van der Waals surface area contributed by atoms with Crippen LogP contribution in [0.15, 0.2) is 24.3 Å². The van der Waals surface area contributed by atoms with E-state index < -0.39 is 6.10 Å². The minimum atomic E-state index is -0.749. The summed E-state index contributed by atoms with van der Waals surface area (Å²) in [6, 6.07) is 7.22. The van der Waals surface area contributed by atoms with E-state index in [0.717, 1.165) is 12.8 Å². The number of rotatable bonds is 5. The summed E-state index contributed by atoms with van der Waals surface area (Å²) in [5.41, 5.74) is 0.653. The number of carbonyl (C=O) groups is 2. The number of fused-ring (bicyclic) bond motifs is 1. The smallest absolute Gasteiger partial charge is 0.266 e. The summed E-state index contributed by atoms with van der Waals surface area (Å²) in [6.07, 6.45) is 1.32. The topological polar surface area (TPSA) is 58.6 Å². The van der Waals surface area contributed by atoms with Gasteiger partial charge in [-0.15, -0.1) is 0 Å². The second kappa shape index (κ2) is 6.41. The average Bonchev–Trinajstić information content (AvgIpc) is 2.45. The van der Waals surface area contributed by atoms with E-state index in [-0.39, 0.29) is 18.2 Å². The third-order valence-corrected chi connectivity index (χ3v) is 3.34. The fourth-order valence-electron chi connectivity index (χ4n) is 2.06. The standard InChI is InChI=1S/C15H20N2O3/c1-3-4-9-17(2)14(18)10-13-15(19)16-11-7-5-6-8-12(11)20-13/h5-8,13H,3-4,9-10H2,1-2H3,(H,16,19). The summed E-state index contributed by atoms with van der Waals surface area (Å²) in [4.78, 5) is 25.6. The molecule has 0 radical (unpaired) electrons. The zero-order valence-corrected chi connectivity index (χ0v) is 11.9. The minimum Gasteiger partial charge on any atom is -0.478 e. The van der Waals surface area contributed by atoms with Crippen LogP contribution in [0.5, 0.6) is 5.75 Å². The van der Waals surface area contributed by atoms with Crippen molar-refractivity contribution < 1.29 is 14.3 Å². The molecular formula is C15H20N2O3. The van der Waals surface area contributed by atoms with Gasteiger partial charge in [-0.2, -0.15) is 0 Å². The molecule has 1 aromatic carbocycles. The monoisotopic (exact) mass is 276 g/mol. The van der Waals surface area contributed by atoms with Crippen LogP contribution >= 0.6 is 0 Å². The van der Waals surface area contributed by atoms with Gasteiger partial charge in [0.25, 0.3) is 5.91 Å². The molecule has 0 saturated carbocycles. The van der Waals surface area contributed by atoms with E-state index in [4.69, 9.17) is 4.74 Å². The van der Waals surface area contributed by atoms with Crippen LogP contribution in [0, 0.1) is 0 Å². The number of para-hydroxylation sites is 2. The number of unbranched alkanes of at least 4 members (excludes halogenated alkanes) is 1. The highest BCUT2D eigenvalue weighted by atomic mass is 16.5. The fourth-order valence-corrected chi connectivity index (χ4v) is 2.06. The molecule has 0 fully saturated rings. The maximum atomic E-state index is 12.0. The largest absolute Gasteiger partial charge is 0.478 e. The van der Waals surface area contributed by atoms with Crippen LogP contribution in [-0.4, -0.2) is 36.4 Å². The number of anilines is 1. The summed E-state index contributed by atoms with van der Waals surface area (Å²) in [6.45, 7) is 2.78. The predicted molar refractivity (Wildman–Crippen MR) is 76.6 cm³/mol. The lowest BCUT2D eigenvalue weighted by Gasteiger charge is -2.27. The van der Waals surface area contributed by atoms with Gasteiger partial charge in [0.2, 0.25) is 5.91 Å². The van der Waals surface area contributed by atoms with Gasteiger partial charge in [0, 0.05) is 13.6 Å². The Labute approximate surface area is 118 Å². The molecule has 20 heavy (non-hydrogen) atoms. The molecule has 1 unspecified atom stereocenters. The van der Waals surface area contributed by atoms with Crippen LogP contribution < -0.4 is 10.1 Å². The molecule has 108 valence electrons. The SMILES string of the molecule is CCCCN(C)C(=O)CC1Oc2ccccc2NC1=O. The normalized spacial score (nSPS) is 16.9. The maximum Gasteiger partial charge on any atom is 0.266 e. The average molecular weight is 276 g/mol. The van der Waals surface area contributed by atoms with Gasteiger partial charge in [0.1, 0.15) is 5.75 Å². The van der Waals surface area contributed by atoms with E-state index in [1.807, 2.05) is 12.1 Å². The van der Waals surface area contributed by atoms with Crippen molar-refractivity contribution in [1.82, 2.24) is 4.90 Å². The molecule has 0 spiro atoms. The Kier molecular flexibility index (Phi) is 4.61. The van der Waals surface area contributed by atoms with Crippen molar-refractivity contribution in [1.29, 1.82) is 0 Å². The molecule has 1 aliphatic rings. The van der Waals surface area contributed by atoms with Crippen LogP contribution in [0.4, 0.5) is 5.69 Å². The summed E-state index contributed by atoms with van der Waals surface area (Å²) in [5, 5.41) is 2.76. The van der Waals surface area contributed by atoms with E-state index in [0.29, 0.717) is 18.0 Å². The first kappa shape index (κ1) is 14.4. The number of carbonyl (C=O) groups excluding carboxylic acids is 2. The Morgan fingerprint density at radius 1 is 1.40 bits per heavy atom. The minimum absolute atomic E-state index is 0.0698. The quantitative estimate of drug-likeness (QED) is 0.895. The predicted octanol–water partition coefficient (Wildman–Crippen LogP) is 2.03. The van der Waals surface area contributed by atoms with E-state index in [1.165, 1.54) is 0 Å². The Morgan fingerprint density at radius 2 is 2.15 bits per heavy atom. The molecule has 0 saturated heterocycles. The molecule has 2 amide bonds. The Bertz CT molecular complexity index is 502. The molecule has 1 N–H and O–H groups in total. The lowest BCUT2D eigenvalue weighted by molar-refractivity contribution is -0.136. The number of benzene rings is 1. The van der Waals surface area contributed by atoms with Gasteiger partial charge in [0.05, 0.1) is 12.1 Å².